The molecule has 0 bridgehead atoms. The van der Waals surface area contributed by atoms with Crippen LogP contribution in [-0.4, -0.2) is 17.9 Å². The van der Waals surface area contributed by atoms with Crippen LogP contribution < -0.4 is 4.74 Å². The average molecular weight is 241 g/mol. The van der Waals surface area contributed by atoms with Crippen molar-refractivity contribution in [3.05, 3.63) is 47.8 Å². The van der Waals surface area contributed by atoms with Gasteiger partial charge in [-0.05, 0) is 55.3 Å². The van der Waals surface area contributed by atoms with Gasteiger partial charge in [0.1, 0.15) is 5.75 Å². The van der Waals surface area contributed by atoms with Gasteiger partial charge in [-0.25, -0.2) is 0 Å². The molecule has 2 aromatic rings. The van der Waals surface area contributed by atoms with Gasteiger partial charge in [-0.2, -0.15) is 0 Å². The summed E-state index contributed by atoms with van der Waals surface area (Å²) in [5, 5.41) is 0. The number of benzene rings is 1. The molecule has 1 heterocycles. The highest BCUT2D eigenvalue weighted by molar-refractivity contribution is 5.88. The van der Waals surface area contributed by atoms with E-state index in [1.807, 2.05) is 38.1 Å². The molecule has 0 aliphatic carbocycles. The largest absolute Gasteiger partial charge is 0.494 e. The van der Waals surface area contributed by atoms with Gasteiger partial charge in [0.2, 0.25) is 0 Å². The van der Waals surface area contributed by atoms with Crippen LogP contribution >= 0.6 is 0 Å². The lowest BCUT2D eigenvalue weighted by Crippen LogP contribution is -1.94. The third-order valence-electron chi connectivity index (χ3n) is 2.67. The molecule has 2 rings (SSSR count). The molecule has 0 aliphatic rings. The summed E-state index contributed by atoms with van der Waals surface area (Å²) in [6.45, 7) is 4.44. The van der Waals surface area contributed by atoms with Crippen molar-refractivity contribution in [3.63, 3.8) is 0 Å². The van der Waals surface area contributed by atoms with Crippen molar-refractivity contribution in [3.8, 4) is 16.9 Å². The maximum atomic E-state index is 11.2. The summed E-state index contributed by atoms with van der Waals surface area (Å²) < 4.78 is 5.39. The number of pyridine rings is 1. The van der Waals surface area contributed by atoms with Gasteiger partial charge < -0.3 is 4.74 Å². The van der Waals surface area contributed by atoms with E-state index in [1.54, 1.807) is 12.3 Å². The average Bonchev–Trinajstić information content (AvgIpc) is 2.39. The van der Waals surface area contributed by atoms with E-state index in [-0.39, 0.29) is 0 Å². The van der Waals surface area contributed by atoms with Crippen molar-refractivity contribution in [2.75, 3.05) is 6.61 Å². The molecule has 1 aromatic carbocycles. The molecule has 18 heavy (non-hydrogen) atoms. The van der Waals surface area contributed by atoms with Gasteiger partial charge in [-0.1, -0.05) is 0 Å². The maximum absolute atomic E-state index is 11.2. The van der Waals surface area contributed by atoms with Gasteiger partial charge in [-0.3, -0.25) is 9.78 Å². The fourth-order valence-corrected chi connectivity index (χ4v) is 1.87. The third kappa shape index (κ3) is 2.56. The molecule has 3 heteroatoms. The Balaban J connectivity index is 2.47. The third-order valence-corrected chi connectivity index (χ3v) is 2.67. The predicted octanol–water partition coefficient (Wildman–Crippen LogP) is 3.27. The second-order valence-electron chi connectivity index (χ2n) is 3.99. The van der Waals surface area contributed by atoms with Crippen LogP contribution in [0.2, 0.25) is 0 Å². The normalized spacial score (nSPS) is 10.1. The van der Waals surface area contributed by atoms with Crippen LogP contribution in [0.15, 0.2) is 36.5 Å². The van der Waals surface area contributed by atoms with Gasteiger partial charge in [0.15, 0.2) is 6.29 Å². The molecular weight excluding hydrogens is 226 g/mol. The van der Waals surface area contributed by atoms with Gasteiger partial charge in [-0.15, -0.1) is 0 Å². The summed E-state index contributed by atoms with van der Waals surface area (Å²) in [7, 11) is 0. The van der Waals surface area contributed by atoms with E-state index in [2.05, 4.69) is 4.98 Å². The van der Waals surface area contributed by atoms with E-state index in [9.17, 15) is 4.79 Å². The Labute approximate surface area is 106 Å². The Bertz CT molecular complexity index is 564. The Hall–Kier alpha value is -2.16. The Kier molecular flexibility index (Phi) is 3.72. The lowest BCUT2D eigenvalue weighted by atomic mass is 10.0. The number of ether oxygens (including phenoxy) is 1. The van der Waals surface area contributed by atoms with Crippen molar-refractivity contribution in [1.82, 2.24) is 4.98 Å². The van der Waals surface area contributed by atoms with Crippen molar-refractivity contribution < 1.29 is 9.53 Å². The maximum Gasteiger partial charge on any atom is 0.150 e. The van der Waals surface area contributed by atoms with Crippen molar-refractivity contribution in [1.29, 1.82) is 0 Å². The van der Waals surface area contributed by atoms with Gasteiger partial charge >= 0.3 is 0 Å². The van der Waals surface area contributed by atoms with Crippen molar-refractivity contribution in [2.45, 2.75) is 13.8 Å². The number of rotatable bonds is 4. The minimum atomic E-state index is 0.589. The fraction of sp³-hybridized carbons (Fsp3) is 0.200. The number of carbonyl (C=O) groups excluding carboxylic acids is 1. The first-order chi connectivity index (χ1) is 8.74. The predicted molar refractivity (Wildman–Crippen MR) is 71.0 cm³/mol. The highest BCUT2D eigenvalue weighted by Crippen LogP contribution is 2.26. The van der Waals surface area contributed by atoms with E-state index in [0.717, 1.165) is 23.1 Å². The quantitative estimate of drug-likeness (QED) is 0.771. The molecule has 0 radical (unpaired) electrons. The van der Waals surface area contributed by atoms with Crippen molar-refractivity contribution >= 4 is 6.29 Å². The van der Waals surface area contributed by atoms with Gasteiger partial charge in [0.05, 0.1) is 6.61 Å². The topological polar surface area (TPSA) is 39.2 Å². The number of hydrogen-bond acceptors (Lipinski definition) is 3. The molecule has 0 saturated heterocycles. The van der Waals surface area contributed by atoms with Crippen LogP contribution in [0.25, 0.3) is 11.1 Å². The smallest absolute Gasteiger partial charge is 0.150 e. The number of aryl methyl sites for hydroxylation is 1. The second kappa shape index (κ2) is 5.45. The van der Waals surface area contributed by atoms with Crippen LogP contribution in [0.4, 0.5) is 0 Å². The lowest BCUT2D eigenvalue weighted by molar-refractivity contribution is 0.112. The van der Waals surface area contributed by atoms with E-state index >= 15 is 0 Å². The summed E-state index contributed by atoms with van der Waals surface area (Å²) in [5.41, 5.74) is 3.45. The number of aromatic nitrogens is 1. The molecule has 0 fully saturated rings. The first-order valence-electron chi connectivity index (χ1n) is 5.89. The van der Waals surface area contributed by atoms with Crippen LogP contribution in [0.1, 0.15) is 23.0 Å². The number of aldehydes is 1. The summed E-state index contributed by atoms with van der Waals surface area (Å²) >= 11 is 0. The molecule has 0 unspecified atom stereocenters. The molecule has 0 spiro atoms. The number of carbonyl (C=O) groups is 1. The minimum Gasteiger partial charge on any atom is -0.494 e. The summed E-state index contributed by atoms with van der Waals surface area (Å²) in [6.07, 6.45) is 2.60. The molecule has 0 aliphatic heterocycles. The zero-order valence-corrected chi connectivity index (χ0v) is 10.5. The monoisotopic (exact) mass is 241 g/mol. The molecule has 0 atom stereocenters. The standard InChI is InChI=1S/C15H15NO2/c1-3-18-14-4-5-15(13(9-14)10-17)12-6-7-16-11(2)8-12/h4-10H,3H2,1-2H3. The summed E-state index contributed by atoms with van der Waals surface area (Å²) in [5.74, 6) is 0.717. The minimum absolute atomic E-state index is 0.589. The first-order valence-corrected chi connectivity index (χ1v) is 5.89. The van der Waals surface area contributed by atoms with E-state index in [4.69, 9.17) is 4.74 Å². The first kappa shape index (κ1) is 12.3. The van der Waals surface area contributed by atoms with Crippen LogP contribution in [-0.2, 0) is 0 Å². The highest BCUT2D eigenvalue weighted by atomic mass is 16.5. The molecule has 0 N–H and O–H groups in total. The van der Waals surface area contributed by atoms with E-state index in [0.29, 0.717) is 17.9 Å². The van der Waals surface area contributed by atoms with Crippen LogP contribution in [0, 0.1) is 6.92 Å². The van der Waals surface area contributed by atoms with Gasteiger partial charge in [0.25, 0.3) is 0 Å². The van der Waals surface area contributed by atoms with Crippen LogP contribution in [0.5, 0.6) is 5.75 Å². The lowest BCUT2D eigenvalue weighted by Gasteiger charge is -2.09. The number of nitrogens with zero attached hydrogens (tertiary/aromatic N) is 1. The molecule has 3 nitrogen and oxygen atoms in total. The SMILES string of the molecule is CCOc1ccc(-c2ccnc(C)c2)c(C=O)c1. The van der Waals surface area contributed by atoms with Gasteiger partial charge in [0, 0.05) is 17.5 Å². The molecule has 1 aromatic heterocycles. The molecular formula is C15H15NO2. The van der Waals surface area contributed by atoms with Crippen molar-refractivity contribution in [2.24, 2.45) is 0 Å². The zero-order chi connectivity index (χ0) is 13.0. The van der Waals surface area contributed by atoms with Crippen LogP contribution in [0.3, 0.4) is 0 Å². The summed E-state index contributed by atoms with van der Waals surface area (Å²) in [4.78, 5) is 15.3. The van der Waals surface area contributed by atoms with E-state index < -0.39 is 0 Å². The molecule has 0 amide bonds. The Morgan fingerprint density at radius 2 is 2.11 bits per heavy atom. The second-order valence-corrected chi connectivity index (χ2v) is 3.99. The molecule has 0 saturated carbocycles. The summed E-state index contributed by atoms with van der Waals surface area (Å²) in [6, 6.07) is 9.41. The zero-order valence-electron chi connectivity index (χ0n) is 10.5. The fourth-order valence-electron chi connectivity index (χ4n) is 1.87. The Morgan fingerprint density at radius 3 is 2.78 bits per heavy atom. The van der Waals surface area contributed by atoms with E-state index in [1.165, 1.54) is 0 Å². The Morgan fingerprint density at radius 1 is 1.28 bits per heavy atom. The highest BCUT2D eigenvalue weighted by Gasteiger charge is 2.06. The number of hydrogen-bond donors (Lipinski definition) is 0. The molecule has 92 valence electrons.